The zero-order chi connectivity index (χ0) is 19.9. The summed E-state index contributed by atoms with van der Waals surface area (Å²) in [6, 6.07) is 19.8. The molecule has 2 amide bonds. The Labute approximate surface area is 162 Å². The second-order valence-corrected chi connectivity index (χ2v) is 6.22. The fraction of sp³-hybridized carbons (Fsp3) is 0.143. The van der Waals surface area contributed by atoms with Crippen LogP contribution in [0.15, 0.2) is 60.7 Å². The molecule has 0 fully saturated rings. The number of aromatic nitrogens is 2. The molecule has 7 heteroatoms. The molecule has 2 N–H and O–H groups in total. The van der Waals surface area contributed by atoms with Gasteiger partial charge in [0.2, 0.25) is 5.91 Å². The van der Waals surface area contributed by atoms with E-state index in [1.807, 2.05) is 36.4 Å². The molecule has 1 heterocycles. The number of carbonyl (C=O) groups excluding carboxylic acids is 2. The molecule has 2 aromatic carbocycles. The van der Waals surface area contributed by atoms with E-state index in [4.69, 9.17) is 5.26 Å². The molecule has 3 aromatic rings. The summed E-state index contributed by atoms with van der Waals surface area (Å²) in [5, 5.41) is 18.5. The van der Waals surface area contributed by atoms with Crippen molar-refractivity contribution >= 4 is 23.3 Å². The van der Waals surface area contributed by atoms with Crippen LogP contribution in [-0.2, 0) is 18.3 Å². The molecule has 140 valence electrons. The first kappa shape index (κ1) is 18.9. The number of anilines is 2. The fourth-order valence-electron chi connectivity index (χ4n) is 2.63. The number of nitrogens with zero attached hydrogens (tertiary/aromatic N) is 3. The van der Waals surface area contributed by atoms with Gasteiger partial charge in [-0.2, -0.15) is 10.4 Å². The number of benzene rings is 2. The van der Waals surface area contributed by atoms with E-state index in [0.717, 1.165) is 5.56 Å². The molecule has 0 spiro atoms. The summed E-state index contributed by atoms with van der Waals surface area (Å²) in [6.45, 7) is 0. The van der Waals surface area contributed by atoms with Gasteiger partial charge >= 0.3 is 0 Å². The van der Waals surface area contributed by atoms with Crippen molar-refractivity contribution in [2.75, 3.05) is 10.6 Å². The summed E-state index contributed by atoms with van der Waals surface area (Å²) in [7, 11) is 1.66. The molecule has 3 rings (SSSR count). The second kappa shape index (κ2) is 8.64. The van der Waals surface area contributed by atoms with Gasteiger partial charge < -0.3 is 10.6 Å². The van der Waals surface area contributed by atoms with Gasteiger partial charge in [-0.05, 0) is 36.2 Å². The molecule has 1 aromatic heterocycles. The summed E-state index contributed by atoms with van der Waals surface area (Å²) in [4.78, 5) is 24.6. The summed E-state index contributed by atoms with van der Waals surface area (Å²) in [6.07, 6.45) is 0.971. The second-order valence-electron chi connectivity index (χ2n) is 6.22. The van der Waals surface area contributed by atoms with Crippen molar-refractivity contribution in [3.63, 3.8) is 0 Å². The molecule has 0 radical (unpaired) electrons. The van der Waals surface area contributed by atoms with E-state index in [0.29, 0.717) is 29.9 Å². The van der Waals surface area contributed by atoms with E-state index < -0.39 is 5.91 Å². The molecule has 0 saturated heterocycles. The molecule has 0 aliphatic carbocycles. The molecule has 0 atom stereocenters. The van der Waals surface area contributed by atoms with Crippen LogP contribution >= 0.6 is 0 Å². The first-order valence-electron chi connectivity index (χ1n) is 8.74. The number of hydrogen-bond donors (Lipinski definition) is 2. The van der Waals surface area contributed by atoms with Gasteiger partial charge in [0.25, 0.3) is 5.91 Å². The first-order valence-corrected chi connectivity index (χ1v) is 8.74. The highest BCUT2D eigenvalue weighted by Crippen LogP contribution is 2.14. The van der Waals surface area contributed by atoms with Gasteiger partial charge in [-0.15, -0.1) is 0 Å². The Bertz CT molecular complexity index is 1020. The first-order chi connectivity index (χ1) is 13.5. The van der Waals surface area contributed by atoms with Crippen LogP contribution in [0.5, 0.6) is 0 Å². The Morgan fingerprint density at radius 2 is 1.79 bits per heavy atom. The molecular formula is C21H19N5O2. The van der Waals surface area contributed by atoms with Gasteiger partial charge in [0, 0.05) is 25.2 Å². The Hall–Kier alpha value is -3.92. The Kier molecular flexibility index (Phi) is 5.82. The van der Waals surface area contributed by atoms with Crippen molar-refractivity contribution in [2.24, 2.45) is 7.05 Å². The third-order valence-electron chi connectivity index (χ3n) is 4.14. The van der Waals surface area contributed by atoms with Crippen molar-refractivity contribution < 1.29 is 9.59 Å². The van der Waals surface area contributed by atoms with Crippen LogP contribution < -0.4 is 10.6 Å². The van der Waals surface area contributed by atoms with Gasteiger partial charge in [0.1, 0.15) is 5.82 Å². The van der Waals surface area contributed by atoms with Crippen LogP contribution in [0.1, 0.15) is 28.0 Å². The Morgan fingerprint density at radius 3 is 2.46 bits per heavy atom. The zero-order valence-electron chi connectivity index (χ0n) is 15.3. The SMILES string of the molecule is Cn1nc(C(=O)Nc2ccc(C#N)cc2)cc1NC(=O)CCc1ccccc1. The minimum atomic E-state index is -0.398. The van der Waals surface area contributed by atoms with Gasteiger partial charge in [0.15, 0.2) is 5.69 Å². The van der Waals surface area contributed by atoms with Crippen molar-refractivity contribution in [3.05, 3.63) is 77.5 Å². The number of carbonyl (C=O) groups is 2. The Balaban J connectivity index is 1.59. The Morgan fingerprint density at radius 1 is 1.07 bits per heavy atom. The number of aryl methyl sites for hydroxylation is 2. The topological polar surface area (TPSA) is 99.8 Å². The standard InChI is InChI=1S/C21H19N5O2/c1-26-19(24-20(27)12-9-15-5-3-2-4-6-15)13-18(25-26)21(28)23-17-10-7-16(14-22)8-11-17/h2-8,10-11,13H,9,12H2,1H3,(H,23,28)(H,24,27). The van der Waals surface area contributed by atoms with Gasteiger partial charge in [-0.1, -0.05) is 30.3 Å². The molecule has 0 saturated carbocycles. The lowest BCUT2D eigenvalue weighted by atomic mass is 10.1. The lowest BCUT2D eigenvalue weighted by Crippen LogP contribution is -2.14. The van der Waals surface area contributed by atoms with Crippen molar-refractivity contribution in [2.45, 2.75) is 12.8 Å². The van der Waals surface area contributed by atoms with Gasteiger partial charge in [0.05, 0.1) is 11.6 Å². The smallest absolute Gasteiger partial charge is 0.276 e. The van der Waals surface area contributed by atoms with E-state index in [-0.39, 0.29) is 11.6 Å². The fourth-order valence-corrected chi connectivity index (χ4v) is 2.63. The molecular weight excluding hydrogens is 354 g/mol. The van der Waals surface area contributed by atoms with E-state index in [1.165, 1.54) is 10.7 Å². The number of nitriles is 1. The third-order valence-corrected chi connectivity index (χ3v) is 4.14. The van der Waals surface area contributed by atoms with E-state index in [1.54, 1.807) is 31.3 Å². The van der Waals surface area contributed by atoms with Crippen molar-refractivity contribution in [1.29, 1.82) is 5.26 Å². The van der Waals surface area contributed by atoms with Crippen LogP contribution in [0, 0.1) is 11.3 Å². The maximum Gasteiger partial charge on any atom is 0.276 e. The van der Waals surface area contributed by atoms with Crippen molar-refractivity contribution in [1.82, 2.24) is 9.78 Å². The van der Waals surface area contributed by atoms with Crippen LogP contribution in [0.25, 0.3) is 0 Å². The normalized spacial score (nSPS) is 10.1. The maximum atomic E-state index is 12.4. The predicted octanol–water partition coefficient (Wildman–Crippen LogP) is 3.12. The molecule has 0 aliphatic heterocycles. The highest BCUT2D eigenvalue weighted by Gasteiger charge is 2.15. The lowest BCUT2D eigenvalue weighted by Gasteiger charge is -2.05. The predicted molar refractivity (Wildman–Crippen MR) is 106 cm³/mol. The van der Waals surface area contributed by atoms with Crippen LogP contribution in [0.4, 0.5) is 11.5 Å². The van der Waals surface area contributed by atoms with Crippen LogP contribution in [0.3, 0.4) is 0 Å². The third kappa shape index (κ3) is 4.83. The van der Waals surface area contributed by atoms with Gasteiger partial charge in [-0.3, -0.25) is 14.3 Å². The minimum Gasteiger partial charge on any atom is -0.321 e. The maximum absolute atomic E-state index is 12.4. The molecule has 0 bridgehead atoms. The minimum absolute atomic E-state index is 0.147. The highest BCUT2D eigenvalue weighted by atomic mass is 16.2. The number of amides is 2. The number of hydrogen-bond acceptors (Lipinski definition) is 4. The number of rotatable bonds is 6. The zero-order valence-corrected chi connectivity index (χ0v) is 15.3. The van der Waals surface area contributed by atoms with Crippen molar-refractivity contribution in [3.8, 4) is 6.07 Å². The lowest BCUT2D eigenvalue weighted by molar-refractivity contribution is -0.116. The quantitative estimate of drug-likeness (QED) is 0.693. The molecule has 0 aliphatic rings. The van der Waals surface area contributed by atoms with E-state index in [9.17, 15) is 9.59 Å². The average molecular weight is 373 g/mol. The molecule has 7 nitrogen and oxygen atoms in total. The van der Waals surface area contributed by atoms with E-state index in [2.05, 4.69) is 15.7 Å². The summed E-state index contributed by atoms with van der Waals surface area (Å²) in [5.74, 6) is -0.0981. The van der Waals surface area contributed by atoms with Gasteiger partial charge in [-0.25, -0.2) is 0 Å². The van der Waals surface area contributed by atoms with Crippen LogP contribution in [-0.4, -0.2) is 21.6 Å². The van der Waals surface area contributed by atoms with E-state index >= 15 is 0 Å². The summed E-state index contributed by atoms with van der Waals surface area (Å²) >= 11 is 0. The monoisotopic (exact) mass is 373 g/mol. The number of nitrogens with one attached hydrogen (secondary N) is 2. The summed E-state index contributed by atoms with van der Waals surface area (Å²) < 4.78 is 1.45. The largest absolute Gasteiger partial charge is 0.321 e. The summed E-state index contributed by atoms with van der Waals surface area (Å²) in [5.41, 5.74) is 2.34. The molecule has 28 heavy (non-hydrogen) atoms. The molecule has 0 unspecified atom stereocenters. The average Bonchev–Trinajstić information content (AvgIpc) is 3.08. The van der Waals surface area contributed by atoms with Crippen LogP contribution in [0.2, 0.25) is 0 Å². The highest BCUT2D eigenvalue weighted by molar-refractivity contribution is 6.04.